The van der Waals surface area contributed by atoms with Crippen LogP contribution >= 0.6 is 0 Å². The van der Waals surface area contributed by atoms with Gasteiger partial charge in [-0.05, 0) is 24.3 Å². The maximum Gasteiger partial charge on any atom is 0.293 e. The molecule has 0 fully saturated rings. The van der Waals surface area contributed by atoms with Gasteiger partial charge in [0.15, 0.2) is 11.6 Å². The summed E-state index contributed by atoms with van der Waals surface area (Å²) in [5.41, 5.74) is 5.53. The van der Waals surface area contributed by atoms with Crippen LogP contribution in [0.2, 0.25) is 0 Å². The fourth-order valence-electron chi connectivity index (χ4n) is 2.25. The number of benzene rings is 1. The summed E-state index contributed by atoms with van der Waals surface area (Å²) in [6, 6.07) is 6.33. The molecule has 0 atom stereocenters. The summed E-state index contributed by atoms with van der Waals surface area (Å²) in [5.74, 6) is -0.295. The molecule has 3 aromatic heterocycles. The van der Waals surface area contributed by atoms with Crippen molar-refractivity contribution in [2.45, 2.75) is 6.42 Å². The fourth-order valence-corrected chi connectivity index (χ4v) is 2.25. The Bertz CT molecular complexity index is 1080. The average molecular weight is 371 g/mol. The second-order valence-corrected chi connectivity index (χ2v) is 5.35. The van der Waals surface area contributed by atoms with Gasteiger partial charge in [0.1, 0.15) is 17.5 Å². The van der Waals surface area contributed by atoms with Gasteiger partial charge in [-0.1, -0.05) is 5.16 Å². The minimum atomic E-state index is -0.668. The van der Waals surface area contributed by atoms with Crippen molar-refractivity contribution in [2.75, 3.05) is 11.1 Å². The van der Waals surface area contributed by atoms with Crippen molar-refractivity contribution in [3.8, 4) is 11.7 Å². The van der Waals surface area contributed by atoms with Gasteiger partial charge in [-0.25, -0.2) is 8.78 Å². The van der Waals surface area contributed by atoms with Crippen molar-refractivity contribution in [3.63, 3.8) is 0 Å². The molecule has 4 rings (SSSR count). The highest BCUT2D eigenvalue weighted by Crippen LogP contribution is 2.20. The molecule has 0 radical (unpaired) electrons. The minimum absolute atomic E-state index is 0.0447. The second kappa shape index (κ2) is 6.78. The summed E-state index contributed by atoms with van der Waals surface area (Å²) in [7, 11) is 0. The Labute approximate surface area is 150 Å². The Morgan fingerprint density at radius 1 is 1.04 bits per heavy atom. The maximum atomic E-state index is 13.8. The Balaban J connectivity index is 1.56. The van der Waals surface area contributed by atoms with Gasteiger partial charge in [0.2, 0.25) is 11.9 Å². The molecule has 136 valence electrons. The lowest BCUT2D eigenvalue weighted by Crippen LogP contribution is -2.08. The van der Waals surface area contributed by atoms with Crippen LogP contribution in [0.5, 0.6) is 0 Å². The molecular weight excluding hydrogens is 360 g/mol. The van der Waals surface area contributed by atoms with Gasteiger partial charge >= 0.3 is 0 Å². The van der Waals surface area contributed by atoms with Crippen molar-refractivity contribution in [3.05, 3.63) is 59.9 Å². The van der Waals surface area contributed by atoms with Gasteiger partial charge in [-0.3, -0.25) is 0 Å². The molecule has 27 heavy (non-hydrogen) atoms. The van der Waals surface area contributed by atoms with E-state index in [9.17, 15) is 8.78 Å². The van der Waals surface area contributed by atoms with E-state index in [1.807, 2.05) is 0 Å². The van der Waals surface area contributed by atoms with Gasteiger partial charge in [0.05, 0.1) is 18.4 Å². The molecule has 0 aliphatic carbocycles. The van der Waals surface area contributed by atoms with Gasteiger partial charge in [-0.15, -0.1) is 0 Å². The number of nitrogens with two attached hydrogens (primary N) is 1. The van der Waals surface area contributed by atoms with Crippen molar-refractivity contribution in [2.24, 2.45) is 0 Å². The second-order valence-electron chi connectivity index (χ2n) is 5.35. The predicted octanol–water partition coefficient (Wildman–Crippen LogP) is 2.71. The Morgan fingerprint density at radius 3 is 2.74 bits per heavy atom. The van der Waals surface area contributed by atoms with Crippen LogP contribution in [0.1, 0.15) is 11.6 Å². The molecule has 0 spiro atoms. The third-order valence-electron chi connectivity index (χ3n) is 3.39. The number of aromatic nitrogens is 5. The predicted molar refractivity (Wildman–Crippen MR) is 88.7 cm³/mol. The van der Waals surface area contributed by atoms with E-state index in [0.29, 0.717) is 5.76 Å². The SMILES string of the molecule is Nc1nc(Cc2noc(-c3ccco3)n2)nc(Nc2cc(F)ccc2F)n1. The van der Waals surface area contributed by atoms with E-state index in [4.69, 9.17) is 14.7 Å². The number of nitrogen functional groups attached to an aromatic ring is 1. The average Bonchev–Trinajstić information content (AvgIpc) is 3.29. The number of hydrogen-bond acceptors (Lipinski definition) is 9. The first-order chi connectivity index (χ1) is 13.1. The Hall–Kier alpha value is -3.89. The molecule has 0 bridgehead atoms. The van der Waals surface area contributed by atoms with Crippen LogP contribution in [-0.2, 0) is 6.42 Å². The van der Waals surface area contributed by atoms with Crippen LogP contribution in [0.4, 0.5) is 26.4 Å². The molecule has 0 amide bonds. The topological polar surface area (TPSA) is 129 Å². The normalized spacial score (nSPS) is 10.9. The number of hydrogen-bond donors (Lipinski definition) is 2. The van der Waals surface area contributed by atoms with E-state index in [2.05, 4.69) is 30.4 Å². The van der Waals surface area contributed by atoms with Gasteiger partial charge < -0.3 is 20.0 Å². The van der Waals surface area contributed by atoms with E-state index in [-0.39, 0.29) is 41.5 Å². The number of anilines is 3. The van der Waals surface area contributed by atoms with Crippen molar-refractivity contribution in [1.29, 1.82) is 0 Å². The highest BCUT2D eigenvalue weighted by atomic mass is 19.1. The molecule has 0 aliphatic heterocycles. The summed E-state index contributed by atoms with van der Waals surface area (Å²) in [6.07, 6.45) is 1.56. The Kier molecular flexibility index (Phi) is 4.16. The molecule has 4 aromatic rings. The van der Waals surface area contributed by atoms with E-state index < -0.39 is 11.6 Å². The first-order valence-electron chi connectivity index (χ1n) is 7.66. The maximum absolute atomic E-state index is 13.8. The molecule has 9 nitrogen and oxygen atoms in total. The number of nitrogens with zero attached hydrogens (tertiary/aromatic N) is 5. The van der Waals surface area contributed by atoms with Crippen LogP contribution in [0.15, 0.2) is 45.5 Å². The number of halogens is 2. The minimum Gasteiger partial charge on any atom is -0.459 e. The molecule has 0 aliphatic rings. The number of rotatable bonds is 5. The first kappa shape index (κ1) is 16.6. The zero-order chi connectivity index (χ0) is 18.8. The molecule has 0 unspecified atom stereocenters. The molecule has 1 aromatic carbocycles. The number of furan rings is 1. The molecule has 3 heterocycles. The van der Waals surface area contributed by atoms with Crippen LogP contribution < -0.4 is 11.1 Å². The zero-order valence-electron chi connectivity index (χ0n) is 13.6. The lowest BCUT2D eigenvalue weighted by molar-refractivity contribution is 0.410. The largest absolute Gasteiger partial charge is 0.459 e. The molecule has 11 heteroatoms. The summed E-state index contributed by atoms with van der Waals surface area (Å²) in [5, 5.41) is 6.39. The zero-order valence-corrected chi connectivity index (χ0v) is 13.6. The van der Waals surface area contributed by atoms with Crippen molar-refractivity contribution >= 4 is 17.6 Å². The third-order valence-corrected chi connectivity index (χ3v) is 3.39. The van der Waals surface area contributed by atoms with E-state index in [1.54, 1.807) is 12.1 Å². The van der Waals surface area contributed by atoms with E-state index in [0.717, 1.165) is 18.2 Å². The summed E-state index contributed by atoms with van der Waals surface area (Å²) in [6.45, 7) is 0. The summed E-state index contributed by atoms with van der Waals surface area (Å²) in [4.78, 5) is 16.1. The monoisotopic (exact) mass is 371 g/mol. The van der Waals surface area contributed by atoms with Gasteiger partial charge in [-0.2, -0.15) is 19.9 Å². The fraction of sp³-hybridized carbons (Fsp3) is 0.0625. The van der Waals surface area contributed by atoms with Crippen molar-refractivity contribution < 1.29 is 17.7 Å². The summed E-state index contributed by atoms with van der Waals surface area (Å²) < 4.78 is 37.3. The highest BCUT2D eigenvalue weighted by Gasteiger charge is 2.14. The highest BCUT2D eigenvalue weighted by molar-refractivity contribution is 5.54. The Morgan fingerprint density at radius 2 is 1.93 bits per heavy atom. The molecule has 0 saturated heterocycles. The molecule has 3 N–H and O–H groups in total. The van der Waals surface area contributed by atoms with E-state index >= 15 is 0 Å². The van der Waals surface area contributed by atoms with E-state index in [1.165, 1.54) is 6.26 Å². The molecule has 0 saturated carbocycles. The molecular formula is C16H11F2N7O2. The standard InChI is InChI=1S/C16H11F2N7O2/c17-8-3-4-9(18)10(6-8)20-16-23-12(22-15(19)24-16)7-13-21-14(27-25-13)11-2-1-5-26-11/h1-6H,7H2,(H3,19,20,22,23,24). The van der Waals surface area contributed by atoms with Crippen LogP contribution in [0.25, 0.3) is 11.7 Å². The van der Waals surface area contributed by atoms with Crippen LogP contribution in [-0.4, -0.2) is 25.1 Å². The number of nitrogens with one attached hydrogen (secondary N) is 1. The lowest BCUT2D eigenvalue weighted by Gasteiger charge is -2.07. The van der Waals surface area contributed by atoms with Crippen LogP contribution in [0.3, 0.4) is 0 Å². The van der Waals surface area contributed by atoms with Gasteiger partial charge in [0.25, 0.3) is 5.89 Å². The van der Waals surface area contributed by atoms with Crippen LogP contribution in [0, 0.1) is 11.6 Å². The first-order valence-corrected chi connectivity index (χ1v) is 7.66. The lowest BCUT2D eigenvalue weighted by atomic mass is 10.3. The van der Waals surface area contributed by atoms with Crippen molar-refractivity contribution in [1.82, 2.24) is 25.1 Å². The third kappa shape index (κ3) is 3.71. The smallest absolute Gasteiger partial charge is 0.293 e. The van der Waals surface area contributed by atoms with Gasteiger partial charge in [0, 0.05) is 6.07 Å². The summed E-state index contributed by atoms with van der Waals surface area (Å²) >= 11 is 0. The quantitative estimate of drug-likeness (QED) is 0.544.